The van der Waals surface area contributed by atoms with Gasteiger partial charge in [-0.15, -0.1) is 10.2 Å². The number of nitrogens with zero attached hydrogens (tertiary/aromatic N) is 4. The molecule has 0 amide bonds. The fraction of sp³-hybridized carbons (Fsp3) is 0.345. The Morgan fingerprint density at radius 1 is 1.07 bits per heavy atom. The van der Waals surface area contributed by atoms with Gasteiger partial charge in [0.2, 0.25) is 11.8 Å². The number of benzene rings is 2. The van der Waals surface area contributed by atoms with E-state index in [-0.39, 0.29) is 30.3 Å². The highest BCUT2D eigenvalue weighted by atomic mass is 32.3. The van der Waals surface area contributed by atoms with E-state index in [0.717, 1.165) is 11.1 Å². The number of cyclic esters (lactones) is 1. The minimum absolute atomic E-state index is 0.0705. The average Bonchev–Trinajstić information content (AvgIpc) is 3.54. The Morgan fingerprint density at radius 2 is 1.83 bits per heavy atom. The van der Waals surface area contributed by atoms with Crippen molar-refractivity contribution >= 4 is 34.0 Å². The molecule has 42 heavy (non-hydrogen) atoms. The topological polar surface area (TPSA) is 176 Å². The molecule has 2 aromatic carbocycles. The highest BCUT2D eigenvalue weighted by Gasteiger charge is 2.38. The minimum atomic E-state index is -2.54. The number of carbonyl (C=O) groups excluding carboxylic acids is 1. The number of hydrogen-bond acceptors (Lipinski definition) is 12. The first kappa shape index (κ1) is 28.1. The molecule has 1 unspecified atom stereocenters. The Labute approximate surface area is 243 Å². The van der Waals surface area contributed by atoms with Gasteiger partial charge in [-0.25, -0.2) is 9.78 Å². The van der Waals surface area contributed by atoms with Gasteiger partial charge in [-0.05, 0) is 50.5 Å². The Kier molecular flexibility index (Phi) is 7.35. The van der Waals surface area contributed by atoms with Crippen molar-refractivity contribution in [1.29, 1.82) is 0 Å². The van der Waals surface area contributed by atoms with Gasteiger partial charge in [0.1, 0.15) is 11.4 Å². The van der Waals surface area contributed by atoms with Crippen molar-refractivity contribution in [2.75, 3.05) is 28.7 Å². The van der Waals surface area contributed by atoms with E-state index in [2.05, 4.69) is 25.8 Å². The lowest BCUT2D eigenvalue weighted by atomic mass is 9.95. The molecular weight excluding hydrogens is 560 g/mol. The molecule has 2 aromatic heterocycles. The number of ether oxygens (including phenoxy) is 1. The van der Waals surface area contributed by atoms with Crippen molar-refractivity contribution in [2.45, 2.75) is 44.2 Å². The molecule has 0 saturated carbocycles. The number of esters is 1. The summed E-state index contributed by atoms with van der Waals surface area (Å²) in [5, 5.41) is 25.2. The molecule has 12 nitrogen and oxygen atoms in total. The van der Waals surface area contributed by atoms with Gasteiger partial charge in [-0.3, -0.25) is 9.11 Å². The van der Waals surface area contributed by atoms with Crippen LogP contribution in [0.5, 0.6) is 0 Å². The van der Waals surface area contributed by atoms with Crippen LogP contribution in [0.25, 0.3) is 11.5 Å². The van der Waals surface area contributed by atoms with E-state index in [1.807, 2.05) is 50.2 Å². The van der Waals surface area contributed by atoms with Crippen LogP contribution >= 0.6 is 10.6 Å². The van der Waals surface area contributed by atoms with Gasteiger partial charge in [0.25, 0.3) is 5.89 Å². The zero-order valence-corrected chi connectivity index (χ0v) is 24.0. The van der Waals surface area contributed by atoms with Gasteiger partial charge in [-0.1, -0.05) is 30.3 Å². The number of aliphatic hydroxyl groups excluding tert-OH is 1. The van der Waals surface area contributed by atoms with Gasteiger partial charge in [-0.2, -0.15) is 15.6 Å². The van der Waals surface area contributed by atoms with Crippen LogP contribution < -0.4 is 10.6 Å². The molecule has 1 atom stereocenters. The number of hydrogen-bond donors (Lipinski definition) is 5. The first-order valence-corrected chi connectivity index (χ1v) is 15.5. The third-order valence-electron chi connectivity index (χ3n) is 7.58. The summed E-state index contributed by atoms with van der Waals surface area (Å²) in [7, 11) is -2.54. The number of fused-ring (bicyclic) bond motifs is 1. The van der Waals surface area contributed by atoms with Crippen LogP contribution in [0, 0.1) is 0 Å². The SMILES string of the molecule is CC1(C)OC(=O)c2ccc(Nc3ncc(-c4nnc(C5CCS(O)(O)CC5)o4)c(NC(CO)c4ccccc4)n3)cc21. The van der Waals surface area contributed by atoms with Gasteiger partial charge in [0, 0.05) is 34.9 Å². The number of carbonyl (C=O) groups is 1. The fourth-order valence-electron chi connectivity index (χ4n) is 5.23. The second-order valence-electron chi connectivity index (χ2n) is 11.0. The van der Waals surface area contributed by atoms with Crippen molar-refractivity contribution in [3.8, 4) is 11.5 Å². The molecule has 0 spiro atoms. The second-order valence-corrected chi connectivity index (χ2v) is 13.4. The normalized spacial score (nSPS) is 19.0. The molecule has 0 aliphatic carbocycles. The van der Waals surface area contributed by atoms with E-state index < -0.39 is 22.2 Å². The van der Waals surface area contributed by atoms with E-state index in [0.29, 0.717) is 52.9 Å². The number of nitrogens with one attached hydrogen (secondary N) is 2. The van der Waals surface area contributed by atoms with E-state index in [4.69, 9.17) is 14.1 Å². The highest BCUT2D eigenvalue weighted by molar-refractivity contribution is 8.24. The van der Waals surface area contributed by atoms with Crippen LogP contribution in [0.4, 0.5) is 17.5 Å². The monoisotopic (exact) mass is 592 g/mol. The first-order chi connectivity index (χ1) is 20.1. The Bertz CT molecular complexity index is 1600. The van der Waals surface area contributed by atoms with Gasteiger partial charge >= 0.3 is 5.97 Å². The quantitative estimate of drug-likeness (QED) is 0.164. The average molecular weight is 593 g/mol. The van der Waals surface area contributed by atoms with E-state index in [1.165, 1.54) is 0 Å². The molecule has 2 aliphatic heterocycles. The maximum Gasteiger partial charge on any atom is 0.339 e. The molecule has 6 rings (SSSR count). The third-order valence-corrected chi connectivity index (χ3v) is 9.36. The van der Waals surface area contributed by atoms with Crippen molar-refractivity contribution in [1.82, 2.24) is 20.2 Å². The van der Waals surface area contributed by atoms with Crippen LogP contribution in [0.3, 0.4) is 0 Å². The lowest BCUT2D eigenvalue weighted by Crippen LogP contribution is -2.19. The lowest BCUT2D eigenvalue weighted by molar-refractivity contribution is 0.00954. The summed E-state index contributed by atoms with van der Waals surface area (Å²) in [5.41, 5.74) is 2.51. The Hall–Kier alpha value is -4.04. The van der Waals surface area contributed by atoms with Crippen molar-refractivity contribution < 1.29 is 28.2 Å². The predicted octanol–water partition coefficient (Wildman–Crippen LogP) is 5.45. The minimum Gasteiger partial charge on any atom is -0.451 e. The summed E-state index contributed by atoms with van der Waals surface area (Å²) >= 11 is 0. The fourth-order valence-corrected chi connectivity index (χ4v) is 6.75. The molecule has 1 saturated heterocycles. The number of aromatic nitrogens is 4. The smallest absolute Gasteiger partial charge is 0.339 e. The molecule has 1 fully saturated rings. The van der Waals surface area contributed by atoms with Crippen LogP contribution in [-0.4, -0.2) is 58.5 Å². The van der Waals surface area contributed by atoms with Gasteiger partial charge in [0.15, 0.2) is 0 Å². The second kappa shape index (κ2) is 11.0. The van der Waals surface area contributed by atoms with Crippen LogP contribution in [-0.2, 0) is 10.3 Å². The largest absolute Gasteiger partial charge is 0.451 e. The zero-order valence-electron chi connectivity index (χ0n) is 23.1. The summed E-state index contributed by atoms with van der Waals surface area (Å²) in [4.78, 5) is 21.4. The summed E-state index contributed by atoms with van der Waals surface area (Å²) in [6, 6.07) is 14.3. The van der Waals surface area contributed by atoms with Crippen LogP contribution in [0.1, 0.15) is 66.0 Å². The Balaban J connectivity index is 1.32. The molecule has 5 N–H and O–H groups in total. The van der Waals surface area contributed by atoms with E-state index in [9.17, 15) is 19.0 Å². The highest BCUT2D eigenvalue weighted by Crippen LogP contribution is 2.48. The third kappa shape index (κ3) is 5.68. The number of rotatable bonds is 8. The molecule has 4 heterocycles. The summed E-state index contributed by atoms with van der Waals surface area (Å²) in [5.74, 6) is 1.45. The zero-order chi connectivity index (χ0) is 29.5. The van der Waals surface area contributed by atoms with Crippen LogP contribution in [0.2, 0.25) is 0 Å². The van der Waals surface area contributed by atoms with E-state index >= 15 is 0 Å². The van der Waals surface area contributed by atoms with Crippen molar-refractivity contribution in [3.63, 3.8) is 0 Å². The summed E-state index contributed by atoms with van der Waals surface area (Å²) in [6.07, 6.45) is 2.66. The van der Waals surface area contributed by atoms with Gasteiger partial charge in [0.05, 0.1) is 23.8 Å². The molecule has 220 valence electrons. The maximum absolute atomic E-state index is 12.2. The Morgan fingerprint density at radius 3 is 2.57 bits per heavy atom. The molecule has 0 radical (unpaired) electrons. The molecule has 0 bridgehead atoms. The van der Waals surface area contributed by atoms with Crippen LogP contribution in [0.15, 0.2) is 59.1 Å². The summed E-state index contributed by atoms with van der Waals surface area (Å²) in [6.45, 7) is 3.47. The molecule has 4 aromatic rings. The molecule has 13 heteroatoms. The molecule has 2 aliphatic rings. The predicted molar refractivity (Wildman–Crippen MR) is 158 cm³/mol. The molecular formula is C29H32N6O6S. The number of anilines is 3. The van der Waals surface area contributed by atoms with Crippen molar-refractivity contribution in [2.24, 2.45) is 0 Å². The number of aliphatic hydroxyl groups is 1. The van der Waals surface area contributed by atoms with Crippen molar-refractivity contribution in [3.05, 3.63) is 77.3 Å². The first-order valence-electron chi connectivity index (χ1n) is 13.6. The standard InChI is InChI=1S/C29H32N6O6S/c1-29(2)22-14-19(8-9-20(22)27(37)41-29)31-28-30-15-21(24(33-28)32-23(16-36)17-6-4-3-5-7-17)26-35-34-25(40-26)18-10-12-42(38,39)13-11-18/h3-9,14-15,18,23,36,38-39H,10-13,16H2,1-2H3,(H2,30,31,32,33). The maximum atomic E-state index is 12.2. The van der Waals surface area contributed by atoms with E-state index in [1.54, 1.807) is 18.3 Å². The van der Waals surface area contributed by atoms with Gasteiger partial charge < -0.3 is 24.9 Å². The summed E-state index contributed by atoms with van der Waals surface area (Å²) < 4.78 is 31.5. The lowest BCUT2D eigenvalue weighted by Gasteiger charge is -2.38.